The molecule has 2 aromatic rings. The van der Waals surface area contributed by atoms with Gasteiger partial charge in [-0.15, -0.1) is 0 Å². The molecule has 25 heavy (non-hydrogen) atoms. The number of aryl methyl sites for hydroxylation is 2. The van der Waals surface area contributed by atoms with E-state index in [0.29, 0.717) is 6.42 Å². The Bertz CT molecular complexity index is 782. The Morgan fingerprint density at radius 2 is 2.08 bits per heavy atom. The second kappa shape index (κ2) is 8.31. The first kappa shape index (κ1) is 20.6. The van der Waals surface area contributed by atoms with Crippen LogP contribution in [0.25, 0.3) is 0 Å². The Morgan fingerprint density at radius 3 is 2.64 bits per heavy atom. The number of rotatable bonds is 8. The predicted molar refractivity (Wildman–Crippen MR) is 97.0 cm³/mol. The van der Waals surface area contributed by atoms with Gasteiger partial charge < -0.3 is 14.4 Å². The summed E-state index contributed by atoms with van der Waals surface area (Å²) in [7, 11) is -3.63. The lowest BCUT2D eigenvalue weighted by Crippen LogP contribution is -2.14. The SMILES string of the molecule is Cn1ccnc1SCCCCc1ccc(C(F)(F)P(=O)(O)O)c(Br)c1. The number of aromatic nitrogens is 2. The number of alkyl halides is 2. The lowest BCUT2D eigenvalue weighted by molar-refractivity contribution is 0.0557. The fourth-order valence-electron chi connectivity index (χ4n) is 2.20. The van der Waals surface area contributed by atoms with Gasteiger partial charge in [0.2, 0.25) is 0 Å². The molecule has 0 radical (unpaired) electrons. The van der Waals surface area contributed by atoms with Crippen molar-refractivity contribution < 1.29 is 23.1 Å². The van der Waals surface area contributed by atoms with E-state index < -0.39 is 18.8 Å². The molecular weight excluding hydrogens is 437 g/mol. The van der Waals surface area contributed by atoms with Crippen molar-refractivity contribution >= 4 is 35.3 Å². The van der Waals surface area contributed by atoms with Gasteiger partial charge in [0, 0.05) is 35.2 Å². The van der Waals surface area contributed by atoms with Crippen molar-refractivity contribution in [1.29, 1.82) is 0 Å². The number of thioether (sulfide) groups is 1. The van der Waals surface area contributed by atoms with Crippen LogP contribution in [-0.4, -0.2) is 25.1 Å². The van der Waals surface area contributed by atoms with E-state index in [1.807, 2.05) is 17.8 Å². The molecule has 0 atom stereocenters. The molecule has 2 rings (SSSR count). The van der Waals surface area contributed by atoms with Crippen LogP contribution in [0.3, 0.4) is 0 Å². The molecule has 0 saturated carbocycles. The topological polar surface area (TPSA) is 75.4 Å². The van der Waals surface area contributed by atoms with Gasteiger partial charge >= 0.3 is 13.3 Å². The van der Waals surface area contributed by atoms with E-state index in [1.54, 1.807) is 18.0 Å². The molecule has 0 aliphatic heterocycles. The fraction of sp³-hybridized carbons (Fsp3) is 0.400. The molecule has 2 N–H and O–H groups in total. The molecule has 0 aliphatic carbocycles. The maximum absolute atomic E-state index is 13.8. The van der Waals surface area contributed by atoms with E-state index in [-0.39, 0.29) is 4.47 Å². The maximum atomic E-state index is 13.8. The largest absolute Gasteiger partial charge is 0.399 e. The van der Waals surface area contributed by atoms with E-state index in [1.165, 1.54) is 12.1 Å². The first-order chi connectivity index (χ1) is 11.6. The first-order valence-corrected chi connectivity index (χ1v) is 10.8. The van der Waals surface area contributed by atoms with Gasteiger partial charge in [0.15, 0.2) is 5.16 Å². The van der Waals surface area contributed by atoms with Crippen molar-refractivity contribution in [3.63, 3.8) is 0 Å². The van der Waals surface area contributed by atoms with Crippen LogP contribution in [0.1, 0.15) is 24.0 Å². The number of hydrogen-bond acceptors (Lipinski definition) is 3. The van der Waals surface area contributed by atoms with Crippen LogP contribution >= 0.6 is 35.3 Å². The predicted octanol–water partition coefficient (Wildman–Crippen LogP) is 4.52. The number of nitrogens with zero attached hydrogens (tertiary/aromatic N) is 2. The summed E-state index contributed by atoms with van der Waals surface area (Å²) in [6, 6.07) is 4.04. The second-order valence-electron chi connectivity index (χ2n) is 5.53. The van der Waals surface area contributed by atoms with Crippen LogP contribution in [0.4, 0.5) is 8.78 Å². The Balaban J connectivity index is 1.89. The average Bonchev–Trinajstić information content (AvgIpc) is 2.91. The van der Waals surface area contributed by atoms with Gasteiger partial charge in [-0.2, -0.15) is 8.78 Å². The van der Waals surface area contributed by atoms with E-state index in [0.717, 1.165) is 35.4 Å². The molecule has 1 aromatic carbocycles. The lowest BCUT2D eigenvalue weighted by Gasteiger charge is -2.19. The minimum atomic E-state index is -5.56. The zero-order valence-electron chi connectivity index (χ0n) is 13.4. The summed E-state index contributed by atoms with van der Waals surface area (Å²) in [5.41, 5.74) is -4.07. The molecule has 0 fully saturated rings. The van der Waals surface area contributed by atoms with Crippen molar-refractivity contribution in [2.45, 2.75) is 30.1 Å². The summed E-state index contributed by atoms with van der Waals surface area (Å²) in [4.78, 5) is 21.9. The highest BCUT2D eigenvalue weighted by molar-refractivity contribution is 9.10. The van der Waals surface area contributed by atoms with Gasteiger partial charge in [0.1, 0.15) is 0 Å². The monoisotopic (exact) mass is 454 g/mol. The van der Waals surface area contributed by atoms with Crippen molar-refractivity contribution in [2.24, 2.45) is 7.05 Å². The van der Waals surface area contributed by atoms with Crippen molar-refractivity contribution in [1.82, 2.24) is 9.55 Å². The summed E-state index contributed by atoms with van der Waals surface area (Å²) in [6.07, 6.45) is 6.14. The summed E-state index contributed by atoms with van der Waals surface area (Å²) in [5, 5.41) is 0.951. The van der Waals surface area contributed by atoms with Gasteiger partial charge in [-0.1, -0.05) is 39.8 Å². The Kier molecular flexibility index (Phi) is 6.84. The number of halogens is 3. The smallest absolute Gasteiger partial charge is 0.329 e. The molecular formula is C15H18BrF2N2O3PS. The van der Waals surface area contributed by atoms with Crippen LogP contribution in [-0.2, 0) is 23.7 Å². The summed E-state index contributed by atoms with van der Waals surface area (Å²) >= 11 is 4.65. The molecule has 0 bridgehead atoms. The van der Waals surface area contributed by atoms with Crippen LogP contribution in [0.5, 0.6) is 0 Å². The number of imidazole rings is 1. The van der Waals surface area contributed by atoms with Crippen molar-refractivity contribution in [2.75, 3.05) is 5.75 Å². The molecule has 10 heteroatoms. The molecule has 0 aliphatic rings. The highest BCUT2D eigenvalue weighted by Gasteiger charge is 2.51. The number of unbranched alkanes of at least 4 members (excludes halogenated alkanes) is 1. The molecule has 1 heterocycles. The van der Waals surface area contributed by atoms with E-state index in [9.17, 15) is 13.3 Å². The van der Waals surface area contributed by atoms with E-state index in [4.69, 9.17) is 9.79 Å². The molecule has 0 amide bonds. The summed E-state index contributed by atoms with van der Waals surface area (Å²) in [6.45, 7) is 0. The molecule has 0 saturated heterocycles. The van der Waals surface area contributed by atoms with Gasteiger partial charge in [-0.3, -0.25) is 4.57 Å². The molecule has 0 spiro atoms. The Morgan fingerprint density at radius 1 is 1.36 bits per heavy atom. The maximum Gasteiger partial charge on any atom is 0.399 e. The van der Waals surface area contributed by atoms with Gasteiger partial charge in [0.05, 0.1) is 0 Å². The van der Waals surface area contributed by atoms with Crippen LogP contribution in [0.15, 0.2) is 40.2 Å². The zero-order chi connectivity index (χ0) is 18.7. The fourth-order valence-corrected chi connectivity index (χ4v) is 4.47. The van der Waals surface area contributed by atoms with Crippen LogP contribution in [0, 0.1) is 0 Å². The molecule has 138 valence electrons. The standard InChI is InChI=1S/C15H18BrF2N2O3PS/c1-20-8-7-19-14(20)25-9-3-2-4-11-5-6-12(13(16)10-11)15(17,18)24(21,22)23/h5-8,10H,2-4,9H2,1H3,(H2,21,22,23). The van der Waals surface area contributed by atoms with Gasteiger partial charge in [-0.05, 0) is 30.9 Å². The zero-order valence-corrected chi connectivity index (χ0v) is 16.7. The second-order valence-corrected chi connectivity index (χ2v) is 9.09. The number of benzene rings is 1. The quantitative estimate of drug-likeness (QED) is 0.348. The molecule has 1 aromatic heterocycles. The summed E-state index contributed by atoms with van der Waals surface area (Å²) in [5.74, 6) is 0.903. The Labute approximate surface area is 157 Å². The third-order valence-electron chi connectivity index (χ3n) is 3.59. The third kappa shape index (κ3) is 5.14. The highest BCUT2D eigenvalue weighted by atomic mass is 79.9. The van der Waals surface area contributed by atoms with E-state index >= 15 is 0 Å². The normalized spacial score (nSPS) is 12.6. The third-order valence-corrected chi connectivity index (χ3v) is 6.36. The van der Waals surface area contributed by atoms with Crippen LogP contribution in [0.2, 0.25) is 0 Å². The average molecular weight is 455 g/mol. The first-order valence-electron chi connectivity index (χ1n) is 7.45. The van der Waals surface area contributed by atoms with Gasteiger partial charge in [0.25, 0.3) is 0 Å². The van der Waals surface area contributed by atoms with Gasteiger partial charge in [-0.25, -0.2) is 4.98 Å². The highest BCUT2D eigenvalue weighted by Crippen LogP contribution is 2.60. The summed E-state index contributed by atoms with van der Waals surface area (Å²) < 4.78 is 40.5. The minimum Gasteiger partial charge on any atom is -0.329 e. The van der Waals surface area contributed by atoms with E-state index in [2.05, 4.69) is 20.9 Å². The van der Waals surface area contributed by atoms with Crippen molar-refractivity contribution in [3.05, 3.63) is 46.2 Å². The molecule has 0 unspecified atom stereocenters. The lowest BCUT2D eigenvalue weighted by atomic mass is 10.1. The van der Waals surface area contributed by atoms with Crippen LogP contribution < -0.4 is 0 Å². The minimum absolute atomic E-state index is 0.000658. The number of hydrogen-bond donors (Lipinski definition) is 2. The Hall–Kier alpha value is -0.730. The molecule has 5 nitrogen and oxygen atoms in total. The van der Waals surface area contributed by atoms with Crippen molar-refractivity contribution in [3.8, 4) is 0 Å².